The van der Waals surface area contributed by atoms with Crippen molar-refractivity contribution in [2.24, 2.45) is 5.41 Å². The minimum absolute atomic E-state index is 0.0280. The third-order valence-corrected chi connectivity index (χ3v) is 11.5. The van der Waals surface area contributed by atoms with Gasteiger partial charge in [-0.15, -0.1) is 0 Å². The van der Waals surface area contributed by atoms with Gasteiger partial charge in [0.1, 0.15) is 12.1 Å². The first-order valence-electron chi connectivity index (χ1n) is 20.9. The van der Waals surface area contributed by atoms with Crippen molar-refractivity contribution >= 4 is 57.7 Å². The molecule has 19 nitrogen and oxygen atoms in total. The van der Waals surface area contributed by atoms with Crippen LogP contribution in [-0.2, 0) is 41.5 Å². The van der Waals surface area contributed by atoms with Crippen LogP contribution >= 0.6 is 0 Å². The third-order valence-electron chi connectivity index (χ3n) is 11.5. The maximum Gasteiger partial charge on any atom is 0.339 e. The van der Waals surface area contributed by atoms with Gasteiger partial charge in [-0.3, -0.25) is 49.3 Å². The Hall–Kier alpha value is -7.93. The number of amides is 4. The predicted octanol–water partition coefficient (Wildman–Crippen LogP) is 4.52. The van der Waals surface area contributed by atoms with Crippen molar-refractivity contribution in [1.29, 1.82) is 0 Å². The second kappa shape index (κ2) is 19.0. The predicted molar refractivity (Wildman–Crippen MR) is 233 cm³/mol. The summed E-state index contributed by atoms with van der Waals surface area (Å²) in [6, 6.07) is 22.7. The van der Waals surface area contributed by atoms with E-state index in [4.69, 9.17) is 9.47 Å². The average molecular weight is 901 g/mol. The minimum Gasteiger partial charge on any atom is -0.444 e. The van der Waals surface area contributed by atoms with Gasteiger partial charge < -0.3 is 24.8 Å². The zero-order chi connectivity index (χ0) is 47.4. The fourth-order valence-corrected chi connectivity index (χ4v) is 8.01. The molecule has 340 valence electrons. The fraction of sp³-hybridized carbons (Fsp3) is 0.298. The van der Waals surface area contributed by atoms with E-state index in [2.05, 4.69) is 10.3 Å². The van der Waals surface area contributed by atoms with E-state index in [1.165, 1.54) is 12.1 Å². The molecule has 2 aliphatic rings. The second-order valence-electron chi connectivity index (χ2n) is 16.9. The van der Waals surface area contributed by atoms with Gasteiger partial charge in [-0.1, -0.05) is 87.5 Å². The van der Waals surface area contributed by atoms with Crippen LogP contribution in [0.5, 0.6) is 0 Å². The number of rotatable bonds is 16. The van der Waals surface area contributed by atoms with Gasteiger partial charge in [0.25, 0.3) is 23.2 Å². The number of benzene rings is 4. The molecule has 4 amide bonds. The molecule has 0 bridgehead atoms. The molecule has 0 spiro atoms. The zero-order valence-corrected chi connectivity index (χ0v) is 35.8. The maximum absolute atomic E-state index is 14.7. The Morgan fingerprint density at radius 1 is 0.742 bits per heavy atom. The van der Waals surface area contributed by atoms with Crippen LogP contribution in [-0.4, -0.2) is 108 Å². The number of nitro benzene ring substituents is 2. The number of fused-ring (bicyclic) bond motifs is 1. The normalized spacial score (nSPS) is 19.2. The Morgan fingerprint density at radius 2 is 1.29 bits per heavy atom. The molecule has 2 saturated heterocycles. The van der Waals surface area contributed by atoms with E-state index in [9.17, 15) is 54.1 Å². The number of hydrogen-bond acceptors (Lipinski definition) is 14. The van der Waals surface area contributed by atoms with E-state index in [0.29, 0.717) is 17.0 Å². The van der Waals surface area contributed by atoms with Gasteiger partial charge in [0, 0.05) is 48.1 Å². The number of ether oxygens (including phenoxy) is 2. The van der Waals surface area contributed by atoms with Gasteiger partial charge >= 0.3 is 11.9 Å². The Bertz CT molecular complexity index is 2650. The number of nitro groups is 2. The van der Waals surface area contributed by atoms with Crippen LogP contribution in [0.15, 0.2) is 115 Å². The number of nitrogens with zero attached hydrogens (tertiary/aromatic N) is 5. The number of imide groups is 1. The first-order chi connectivity index (χ1) is 31.4. The van der Waals surface area contributed by atoms with Crippen molar-refractivity contribution in [2.75, 3.05) is 6.54 Å². The van der Waals surface area contributed by atoms with Gasteiger partial charge in [0.05, 0.1) is 33.1 Å². The molecule has 0 aliphatic carbocycles. The number of β-lactam (4-membered cyclic amide) rings is 1. The molecule has 3 heterocycles. The van der Waals surface area contributed by atoms with Crippen LogP contribution < -0.4 is 5.32 Å². The van der Waals surface area contributed by atoms with Crippen LogP contribution in [0.1, 0.15) is 59.2 Å². The lowest BCUT2D eigenvalue weighted by molar-refractivity contribution is -0.385. The van der Waals surface area contributed by atoms with Crippen LogP contribution in [0.25, 0.3) is 10.8 Å². The molecule has 2 aliphatic heterocycles. The molecule has 2 N–H and O–H groups in total. The van der Waals surface area contributed by atoms with Gasteiger partial charge in [0.2, 0.25) is 24.0 Å². The number of hydrogen-bond donors (Lipinski definition) is 2. The lowest BCUT2D eigenvalue weighted by Gasteiger charge is -2.54. The number of aromatic nitrogens is 1. The number of carbonyl (C=O) groups excluding carboxylic acids is 6. The summed E-state index contributed by atoms with van der Waals surface area (Å²) in [7, 11) is 0. The number of esters is 2. The van der Waals surface area contributed by atoms with E-state index in [-0.39, 0.29) is 19.4 Å². The highest BCUT2D eigenvalue weighted by Gasteiger charge is 2.64. The zero-order valence-electron chi connectivity index (χ0n) is 35.8. The molecule has 6 atom stereocenters. The van der Waals surface area contributed by atoms with E-state index >= 15 is 0 Å². The second-order valence-corrected chi connectivity index (χ2v) is 16.9. The van der Waals surface area contributed by atoms with Gasteiger partial charge in [-0.05, 0) is 53.8 Å². The lowest BCUT2D eigenvalue weighted by atomic mass is 9.79. The van der Waals surface area contributed by atoms with Crippen molar-refractivity contribution < 1.29 is 53.2 Å². The lowest BCUT2D eigenvalue weighted by Crippen LogP contribution is -2.77. The third kappa shape index (κ3) is 9.60. The highest BCUT2D eigenvalue weighted by atomic mass is 16.6. The molecule has 1 aromatic heterocycles. The highest BCUT2D eigenvalue weighted by Crippen LogP contribution is 2.39. The average Bonchev–Trinajstić information content (AvgIpc) is 3.51. The topological polar surface area (TPSA) is 259 Å². The molecule has 19 heteroatoms. The summed E-state index contributed by atoms with van der Waals surface area (Å²) >= 11 is 0. The summed E-state index contributed by atoms with van der Waals surface area (Å²) in [5, 5.41) is 39.4. The summed E-state index contributed by atoms with van der Waals surface area (Å²) in [5.41, 5.74) is -1.35. The number of carbonyl (C=O) groups is 6. The molecule has 2 fully saturated rings. The Labute approximate surface area is 376 Å². The van der Waals surface area contributed by atoms with Crippen molar-refractivity contribution in [3.8, 4) is 0 Å². The summed E-state index contributed by atoms with van der Waals surface area (Å²) < 4.78 is 11.0. The summed E-state index contributed by atoms with van der Waals surface area (Å²) in [6.45, 7) is 5.15. The van der Waals surface area contributed by atoms with E-state index < -0.39 is 110 Å². The highest BCUT2D eigenvalue weighted by molar-refractivity contribution is 6.14. The Morgan fingerprint density at radius 3 is 1.83 bits per heavy atom. The number of non-ortho nitro benzene ring substituents is 2. The minimum atomic E-state index is -2.26. The van der Waals surface area contributed by atoms with E-state index in [1.807, 2.05) is 60.7 Å². The quantitative estimate of drug-likeness (QED) is 0.0454. The molecule has 0 saturated carbocycles. The number of pyridine rings is 1. The maximum atomic E-state index is 14.7. The first-order valence-corrected chi connectivity index (χ1v) is 20.9. The molecule has 4 aromatic carbocycles. The number of likely N-dealkylation sites (tertiary alicyclic amines) is 2. The number of aryl methyl sites for hydroxylation is 1. The number of aliphatic hydroxyl groups is 1. The summed E-state index contributed by atoms with van der Waals surface area (Å²) in [4.78, 5) is 113. The van der Waals surface area contributed by atoms with Gasteiger partial charge in [0.15, 0.2) is 0 Å². The molecule has 66 heavy (non-hydrogen) atoms. The fourth-order valence-electron chi connectivity index (χ4n) is 8.01. The molecular weight excluding hydrogens is 857 g/mol. The largest absolute Gasteiger partial charge is 0.444 e. The van der Waals surface area contributed by atoms with Crippen LogP contribution in [0.2, 0.25) is 0 Å². The van der Waals surface area contributed by atoms with E-state index in [1.54, 1.807) is 27.0 Å². The standard InChI is InChI=1S/C47H44N6O13/c1-47(2,3)40(54)37(41(55)48-22-21-27-11-5-4-6-12-27)50-35(20-19-32-23-28-13-7-8-14-31(28)26-49-32)36(42(50)56)51-43(57)38(65-45(59)29-15-9-17-33(24-29)52(61)62)39(44(51)58)66-46(60)30-16-10-18-34(25-30)53(63)64/h4-18,23-26,35-40,54H,19-22H2,1-3H3,(H,48,55)/t35?,36?,37?,38-,39?,40-/m0/s1. The van der Waals surface area contributed by atoms with Crippen molar-refractivity contribution in [1.82, 2.24) is 20.1 Å². The van der Waals surface area contributed by atoms with Gasteiger partial charge in [-0.2, -0.15) is 0 Å². The monoisotopic (exact) mass is 900 g/mol. The van der Waals surface area contributed by atoms with Gasteiger partial charge in [-0.25, -0.2) is 9.59 Å². The Balaban J connectivity index is 1.25. The van der Waals surface area contributed by atoms with E-state index in [0.717, 1.165) is 57.6 Å². The van der Waals surface area contributed by atoms with Crippen molar-refractivity contribution in [3.05, 3.63) is 158 Å². The Kier molecular flexibility index (Phi) is 13.3. The molecule has 0 radical (unpaired) electrons. The first kappa shape index (κ1) is 46.1. The molecule has 5 aromatic rings. The summed E-state index contributed by atoms with van der Waals surface area (Å²) in [6.07, 6.45) is -3.81. The SMILES string of the molecule is CC(C)(C)[C@@H](O)C(C(=O)NCCc1ccccc1)N1C(=O)C(N2C(=O)C(OC(=O)c3cccc([N+](=O)[O-])c3)[C@H](OC(=O)c3cccc([N+](=O)[O-])c3)C2=O)C1CCc1cc2ccccc2cn1. The van der Waals surface area contributed by atoms with Crippen LogP contribution in [0, 0.1) is 25.6 Å². The van der Waals surface area contributed by atoms with Crippen molar-refractivity contribution in [3.63, 3.8) is 0 Å². The van der Waals surface area contributed by atoms with Crippen LogP contribution in [0.3, 0.4) is 0 Å². The molecule has 4 unspecified atom stereocenters. The smallest absolute Gasteiger partial charge is 0.339 e. The molecular formula is C47H44N6O13. The van der Waals surface area contributed by atoms with Crippen LogP contribution in [0.4, 0.5) is 11.4 Å². The number of nitrogens with one attached hydrogen (secondary N) is 1. The number of aliphatic hydroxyl groups excluding tert-OH is 1. The summed E-state index contributed by atoms with van der Waals surface area (Å²) in [5.74, 6) is -6.91. The molecule has 7 rings (SSSR count). The van der Waals surface area contributed by atoms with Crippen molar-refractivity contribution in [2.45, 2.75) is 76.5 Å².